The van der Waals surface area contributed by atoms with Gasteiger partial charge in [-0.05, 0) is 12.8 Å². The molecule has 0 aliphatic carbocycles. The van der Waals surface area contributed by atoms with Gasteiger partial charge in [-0.15, -0.1) is 0 Å². The van der Waals surface area contributed by atoms with E-state index in [1.165, 1.54) is 0 Å². The number of hydrogen-bond acceptors (Lipinski definition) is 2. The summed E-state index contributed by atoms with van der Waals surface area (Å²) in [5.41, 5.74) is 11.9. The molecule has 3 nitrogen and oxygen atoms in total. The van der Waals surface area contributed by atoms with Crippen molar-refractivity contribution in [3.63, 3.8) is 0 Å². The maximum atomic E-state index is 10.8. The molecule has 0 saturated carbocycles. The Morgan fingerprint density at radius 1 is 1.27 bits per heavy atom. The van der Waals surface area contributed by atoms with E-state index in [0.717, 1.165) is 6.42 Å². The third kappa shape index (κ3) is 3.07. The Morgan fingerprint density at radius 2 is 1.82 bits per heavy atom. The lowest BCUT2D eigenvalue weighted by atomic mass is 10.1. The number of hydrogen-bond donors (Lipinski definition) is 2. The van der Waals surface area contributed by atoms with Crippen LogP contribution >= 0.6 is 0 Å². The zero-order valence-electron chi connectivity index (χ0n) is 7.18. The van der Waals surface area contributed by atoms with Gasteiger partial charge < -0.3 is 11.5 Å². The van der Waals surface area contributed by atoms with Gasteiger partial charge >= 0.3 is 0 Å². The SMILES string of the molecule is CCCC(C(N)=O)=C(N)CC. The number of carbonyl (C=O) groups is 1. The summed E-state index contributed by atoms with van der Waals surface area (Å²) >= 11 is 0. The zero-order chi connectivity index (χ0) is 8.85. The van der Waals surface area contributed by atoms with Crippen LogP contribution in [-0.2, 0) is 4.79 Å². The normalized spacial score (nSPS) is 12.5. The van der Waals surface area contributed by atoms with E-state index < -0.39 is 0 Å². The Labute approximate surface area is 67.4 Å². The lowest BCUT2D eigenvalue weighted by molar-refractivity contribution is -0.114. The molecule has 0 radical (unpaired) electrons. The van der Waals surface area contributed by atoms with Crippen LogP contribution in [0.5, 0.6) is 0 Å². The second-order valence-corrected chi connectivity index (χ2v) is 2.47. The summed E-state index contributed by atoms with van der Waals surface area (Å²) in [6.45, 7) is 3.90. The average molecular weight is 156 g/mol. The number of allylic oxidation sites excluding steroid dienone is 1. The van der Waals surface area contributed by atoms with Crippen molar-refractivity contribution in [1.29, 1.82) is 0 Å². The molecule has 0 aromatic carbocycles. The second kappa shape index (κ2) is 4.77. The van der Waals surface area contributed by atoms with E-state index in [-0.39, 0.29) is 5.91 Å². The van der Waals surface area contributed by atoms with Crippen molar-refractivity contribution < 1.29 is 4.79 Å². The molecule has 0 heterocycles. The van der Waals surface area contributed by atoms with Gasteiger partial charge in [-0.1, -0.05) is 20.3 Å². The van der Waals surface area contributed by atoms with Crippen LogP contribution in [0.4, 0.5) is 0 Å². The molecule has 0 unspecified atom stereocenters. The van der Waals surface area contributed by atoms with Gasteiger partial charge in [0.1, 0.15) is 0 Å². The Kier molecular flexibility index (Phi) is 4.34. The standard InChI is InChI=1S/C8H16N2O/c1-3-5-6(8(10)11)7(9)4-2/h3-5,9H2,1-2H3,(H2,10,11). The molecule has 64 valence electrons. The molecule has 0 atom stereocenters. The van der Waals surface area contributed by atoms with Crippen LogP contribution in [0.15, 0.2) is 11.3 Å². The number of nitrogens with two attached hydrogens (primary N) is 2. The highest BCUT2D eigenvalue weighted by atomic mass is 16.1. The third-order valence-electron chi connectivity index (χ3n) is 1.57. The summed E-state index contributed by atoms with van der Waals surface area (Å²) in [6, 6.07) is 0. The molecule has 3 heteroatoms. The first-order valence-corrected chi connectivity index (χ1v) is 3.90. The first-order valence-electron chi connectivity index (χ1n) is 3.90. The summed E-state index contributed by atoms with van der Waals surface area (Å²) < 4.78 is 0. The molecular weight excluding hydrogens is 140 g/mol. The smallest absolute Gasteiger partial charge is 0.246 e. The second-order valence-electron chi connectivity index (χ2n) is 2.47. The molecule has 4 N–H and O–H groups in total. The highest BCUT2D eigenvalue weighted by Gasteiger charge is 2.06. The van der Waals surface area contributed by atoms with Crippen LogP contribution in [0.2, 0.25) is 0 Å². The summed E-state index contributed by atoms with van der Waals surface area (Å²) in [5.74, 6) is -0.383. The van der Waals surface area contributed by atoms with Gasteiger partial charge in [0.05, 0.1) is 0 Å². The van der Waals surface area contributed by atoms with Crippen molar-refractivity contribution in [2.75, 3.05) is 0 Å². The number of rotatable bonds is 4. The van der Waals surface area contributed by atoms with Crippen LogP contribution in [-0.4, -0.2) is 5.91 Å². The summed E-state index contributed by atoms with van der Waals surface area (Å²) in [4.78, 5) is 10.8. The van der Waals surface area contributed by atoms with E-state index in [0.29, 0.717) is 24.1 Å². The van der Waals surface area contributed by atoms with Gasteiger partial charge in [-0.2, -0.15) is 0 Å². The van der Waals surface area contributed by atoms with Gasteiger partial charge in [0, 0.05) is 11.3 Å². The molecule has 0 rings (SSSR count). The zero-order valence-corrected chi connectivity index (χ0v) is 7.18. The Morgan fingerprint density at radius 3 is 2.09 bits per heavy atom. The molecule has 0 saturated heterocycles. The number of amides is 1. The molecule has 0 aromatic rings. The molecule has 0 fully saturated rings. The first kappa shape index (κ1) is 10.0. The minimum atomic E-state index is -0.383. The van der Waals surface area contributed by atoms with Crippen molar-refractivity contribution in [2.45, 2.75) is 33.1 Å². The highest BCUT2D eigenvalue weighted by Crippen LogP contribution is 2.08. The number of primary amides is 1. The van der Waals surface area contributed by atoms with Crippen molar-refractivity contribution in [2.24, 2.45) is 11.5 Å². The summed E-state index contributed by atoms with van der Waals surface area (Å²) in [7, 11) is 0. The fraction of sp³-hybridized carbons (Fsp3) is 0.625. The quantitative estimate of drug-likeness (QED) is 0.593. The van der Waals surface area contributed by atoms with Crippen LogP contribution < -0.4 is 11.5 Å². The maximum absolute atomic E-state index is 10.8. The van der Waals surface area contributed by atoms with E-state index in [2.05, 4.69) is 0 Å². The highest BCUT2D eigenvalue weighted by molar-refractivity contribution is 5.92. The predicted molar refractivity (Wildman–Crippen MR) is 45.6 cm³/mol. The van der Waals surface area contributed by atoms with Crippen LogP contribution in [0, 0.1) is 0 Å². The van der Waals surface area contributed by atoms with Gasteiger partial charge in [0.15, 0.2) is 0 Å². The largest absolute Gasteiger partial charge is 0.402 e. The Bertz CT molecular complexity index is 173. The van der Waals surface area contributed by atoms with E-state index in [1.54, 1.807) is 0 Å². The lowest BCUT2D eigenvalue weighted by Crippen LogP contribution is -2.18. The monoisotopic (exact) mass is 156 g/mol. The first-order chi connectivity index (χ1) is 5.13. The van der Waals surface area contributed by atoms with Gasteiger partial charge in [0.25, 0.3) is 0 Å². The Hall–Kier alpha value is -0.990. The van der Waals surface area contributed by atoms with Gasteiger partial charge in [-0.25, -0.2) is 0 Å². The van der Waals surface area contributed by atoms with Crippen molar-refractivity contribution in [3.05, 3.63) is 11.3 Å². The predicted octanol–water partition coefficient (Wildman–Crippen LogP) is 0.895. The van der Waals surface area contributed by atoms with E-state index in [9.17, 15) is 4.79 Å². The van der Waals surface area contributed by atoms with E-state index in [1.807, 2.05) is 13.8 Å². The molecule has 0 aromatic heterocycles. The molecular formula is C8H16N2O. The fourth-order valence-corrected chi connectivity index (χ4v) is 0.905. The maximum Gasteiger partial charge on any atom is 0.246 e. The van der Waals surface area contributed by atoms with Gasteiger partial charge in [0.2, 0.25) is 5.91 Å². The third-order valence-corrected chi connectivity index (χ3v) is 1.57. The molecule has 0 aliphatic heterocycles. The summed E-state index contributed by atoms with van der Waals surface area (Å²) in [6.07, 6.45) is 2.28. The molecule has 11 heavy (non-hydrogen) atoms. The molecule has 0 bridgehead atoms. The Balaban J connectivity index is 4.43. The minimum Gasteiger partial charge on any atom is -0.402 e. The van der Waals surface area contributed by atoms with Crippen molar-refractivity contribution >= 4 is 5.91 Å². The van der Waals surface area contributed by atoms with Crippen molar-refractivity contribution in [3.8, 4) is 0 Å². The summed E-state index contributed by atoms with van der Waals surface area (Å²) in [5, 5.41) is 0. The van der Waals surface area contributed by atoms with E-state index in [4.69, 9.17) is 11.5 Å². The van der Waals surface area contributed by atoms with Crippen LogP contribution in [0.3, 0.4) is 0 Å². The fourth-order valence-electron chi connectivity index (χ4n) is 0.905. The lowest BCUT2D eigenvalue weighted by Gasteiger charge is -2.04. The van der Waals surface area contributed by atoms with Gasteiger partial charge in [-0.3, -0.25) is 4.79 Å². The minimum absolute atomic E-state index is 0.383. The van der Waals surface area contributed by atoms with Crippen LogP contribution in [0.1, 0.15) is 33.1 Å². The van der Waals surface area contributed by atoms with Crippen LogP contribution in [0.25, 0.3) is 0 Å². The molecule has 0 aliphatic rings. The van der Waals surface area contributed by atoms with E-state index >= 15 is 0 Å². The number of carbonyl (C=O) groups excluding carboxylic acids is 1. The average Bonchev–Trinajstić information content (AvgIpc) is 1.98. The van der Waals surface area contributed by atoms with Crippen molar-refractivity contribution in [1.82, 2.24) is 0 Å². The molecule has 0 spiro atoms. The molecule has 1 amide bonds. The topological polar surface area (TPSA) is 69.1 Å².